The van der Waals surface area contributed by atoms with Crippen molar-refractivity contribution in [2.75, 3.05) is 13.6 Å². The van der Waals surface area contributed by atoms with Gasteiger partial charge in [-0.2, -0.15) is 4.98 Å². The third kappa shape index (κ3) is 4.56. The number of rotatable bonds is 6. The zero-order valence-electron chi connectivity index (χ0n) is 16.0. The summed E-state index contributed by atoms with van der Waals surface area (Å²) in [5, 5.41) is 11.1. The van der Waals surface area contributed by atoms with E-state index in [1.165, 1.54) is 6.07 Å². The van der Waals surface area contributed by atoms with Gasteiger partial charge in [-0.1, -0.05) is 28.9 Å². The minimum atomic E-state index is -0.204. The van der Waals surface area contributed by atoms with Crippen LogP contribution in [0.15, 0.2) is 58.0 Å². The molecule has 150 valence electrons. The Kier molecular flexibility index (Phi) is 5.49. The molecule has 1 heterocycles. The zero-order valence-corrected chi connectivity index (χ0v) is 16.7. The first-order chi connectivity index (χ1) is 14.1. The van der Waals surface area contributed by atoms with Crippen LogP contribution < -0.4 is 10.6 Å². The van der Waals surface area contributed by atoms with E-state index in [1.807, 2.05) is 18.2 Å². The van der Waals surface area contributed by atoms with Gasteiger partial charge in [0.2, 0.25) is 11.7 Å². The first kappa shape index (κ1) is 19.4. The predicted molar refractivity (Wildman–Crippen MR) is 110 cm³/mol. The normalized spacial score (nSPS) is 15.2. The van der Waals surface area contributed by atoms with Gasteiger partial charge in [0.15, 0.2) is 5.96 Å². The monoisotopic (exact) mass is 413 g/mol. The van der Waals surface area contributed by atoms with E-state index in [2.05, 4.69) is 25.8 Å². The molecule has 0 aliphatic heterocycles. The van der Waals surface area contributed by atoms with Crippen molar-refractivity contribution in [2.24, 2.45) is 4.99 Å². The summed E-state index contributed by atoms with van der Waals surface area (Å²) in [6, 6.07) is 14.1. The van der Waals surface area contributed by atoms with Gasteiger partial charge in [0.05, 0.1) is 6.54 Å². The number of aliphatic imine (C=N–C) groups is 1. The number of halogens is 2. The van der Waals surface area contributed by atoms with Gasteiger partial charge in [-0.05, 0) is 54.8 Å². The average molecular weight is 414 g/mol. The number of guanidine groups is 1. The van der Waals surface area contributed by atoms with E-state index in [-0.39, 0.29) is 11.2 Å². The summed E-state index contributed by atoms with van der Waals surface area (Å²) in [7, 11) is 1.70. The van der Waals surface area contributed by atoms with Gasteiger partial charge < -0.3 is 15.2 Å². The van der Waals surface area contributed by atoms with Crippen LogP contribution in [0.5, 0.6) is 0 Å². The molecule has 1 aliphatic rings. The molecule has 4 rings (SSSR count). The van der Waals surface area contributed by atoms with E-state index in [0.717, 1.165) is 24.0 Å². The Bertz CT molecular complexity index is 1010. The zero-order chi connectivity index (χ0) is 20.3. The second-order valence-corrected chi connectivity index (χ2v) is 7.53. The number of hydrogen-bond donors (Lipinski definition) is 2. The van der Waals surface area contributed by atoms with Crippen molar-refractivity contribution in [3.63, 3.8) is 0 Å². The molecular weight excluding hydrogens is 393 g/mol. The first-order valence-electron chi connectivity index (χ1n) is 9.37. The first-order valence-corrected chi connectivity index (χ1v) is 9.75. The molecule has 1 aromatic heterocycles. The van der Waals surface area contributed by atoms with Crippen molar-refractivity contribution in [3.05, 3.63) is 70.8 Å². The highest BCUT2D eigenvalue weighted by Gasteiger charge is 2.44. The van der Waals surface area contributed by atoms with Crippen LogP contribution in [0, 0.1) is 5.82 Å². The molecule has 1 saturated carbocycles. The minimum Gasteiger partial charge on any atom is -0.356 e. The molecule has 2 aromatic carbocycles. The van der Waals surface area contributed by atoms with Crippen molar-refractivity contribution < 1.29 is 8.91 Å². The molecule has 29 heavy (non-hydrogen) atoms. The highest BCUT2D eigenvalue weighted by atomic mass is 35.5. The van der Waals surface area contributed by atoms with Crippen LogP contribution in [0.2, 0.25) is 5.02 Å². The summed E-state index contributed by atoms with van der Waals surface area (Å²) >= 11 is 5.90. The fourth-order valence-electron chi connectivity index (χ4n) is 3.21. The number of nitrogens with zero attached hydrogens (tertiary/aromatic N) is 3. The van der Waals surface area contributed by atoms with Crippen LogP contribution >= 0.6 is 11.6 Å². The molecule has 1 fully saturated rings. The number of hydrogen-bond acceptors (Lipinski definition) is 4. The van der Waals surface area contributed by atoms with Crippen LogP contribution in [-0.2, 0) is 12.0 Å². The molecule has 0 spiro atoms. The molecule has 1 aliphatic carbocycles. The van der Waals surface area contributed by atoms with E-state index in [4.69, 9.17) is 16.1 Å². The third-order valence-electron chi connectivity index (χ3n) is 5.09. The van der Waals surface area contributed by atoms with Gasteiger partial charge in [0.25, 0.3) is 0 Å². The van der Waals surface area contributed by atoms with Crippen molar-refractivity contribution in [1.29, 1.82) is 0 Å². The average Bonchev–Trinajstić information content (AvgIpc) is 3.38. The molecule has 0 saturated heterocycles. The van der Waals surface area contributed by atoms with Crippen LogP contribution in [-0.4, -0.2) is 29.7 Å². The summed E-state index contributed by atoms with van der Waals surface area (Å²) in [6.45, 7) is 1.02. The molecule has 3 aromatic rings. The lowest BCUT2D eigenvalue weighted by molar-refractivity contribution is 0.375. The number of aromatic nitrogens is 2. The molecule has 0 amide bonds. The van der Waals surface area contributed by atoms with E-state index in [0.29, 0.717) is 35.8 Å². The maximum atomic E-state index is 13.6. The summed E-state index contributed by atoms with van der Waals surface area (Å²) in [5.74, 6) is 1.37. The van der Waals surface area contributed by atoms with E-state index in [9.17, 15) is 4.39 Å². The molecule has 8 heteroatoms. The van der Waals surface area contributed by atoms with Crippen molar-refractivity contribution in [3.8, 4) is 11.4 Å². The summed E-state index contributed by atoms with van der Waals surface area (Å²) in [5.41, 5.74) is 1.81. The predicted octanol–water partition coefficient (Wildman–Crippen LogP) is 3.93. The standard InChI is InChI=1S/C21H21ClFN5O/c1-24-20(26-13-21(9-10-21)15-3-2-4-17(23)11-15)25-12-18-27-19(28-29-18)14-5-7-16(22)8-6-14/h2-8,11H,9-10,12-13H2,1H3,(H2,24,25,26). The van der Waals surface area contributed by atoms with Crippen LogP contribution in [0.4, 0.5) is 4.39 Å². The highest BCUT2D eigenvalue weighted by Crippen LogP contribution is 2.47. The van der Waals surface area contributed by atoms with Gasteiger partial charge in [-0.25, -0.2) is 4.39 Å². The van der Waals surface area contributed by atoms with Gasteiger partial charge in [0, 0.05) is 29.6 Å². The van der Waals surface area contributed by atoms with Gasteiger partial charge >= 0.3 is 0 Å². The van der Waals surface area contributed by atoms with E-state index >= 15 is 0 Å². The Morgan fingerprint density at radius 2 is 2.00 bits per heavy atom. The molecule has 0 unspecified atom stereocenters. The fourth-order valence-corrected chi connectivity index (χ4v) is 3.34. The van der Waals surface area contributed by atoms with Gasteiger partial charge in [-0.15, -0.1) is 0 Å². The number of nitrogens with one attached hydrogen (secondary N) is 2. The molecule has 0 atom stereocenters. The Hall–Kier alpha value is -2.93. The second kappa shape index (κ2) is 8.21. The molecule has 6 nitrogen and oxygen atoms in total. The SMILES string of the molecule is CN=C(NCc1nc(-c2ccc(Cl)cc2)no1)NCC1(c2cccc(F)c2)CC1. The Morgan fingerprint density at radius 3 is 2.69 bits per heavy atom. The topological polar surface area (TPSA) is 75.3 Å². The van der Waals surface area contributed by atoms with Crippen molar-refractivity contribution >= 4 is 17.6 Å². The highest BCUT2D eigenvalue weighted by molar-refractivity contribution is 6.30. The lowest BCUT2D eigenvalue weighted by Crippen LogP contribution is -2.41. The molecule has 0 radical (unpaired) electrons. The minimum absolute atomic E-state index is 0.0358. The van der Waals surface area contributed by atoms with Gasteiger partial charge in [-0.3, -0.25) is 4.99 Å². The van der Waals surface area contributed by atoms with Crippen molar-refractivity contribution in [1.82, 2.24) is 20.8 Å². The Labute approximate surface area is 173 Å². The van der Waals surface area contributed by atoms with Gasteiger partial charge in [0.1, 0.15) is 5.82 Å². The quantitative estimate of drug-likeness (QED) is 0.473. The Morgan fingerprint density at radius 1 is 1.21 bits per heavy atom. The van der Waals surface area contributed by atoms with Crippen LogP contribution in [0.1, 0.15) is 24.3 Å². The summed E-state index contributed by atoms with van der Waals surface area (Å²) in [6.07, 6.45) is 2.04. The molecular formula is C21H21ClFN5O. The smallest absolute Gasteiger partial charge is 0.246 e. The maximum Gasteiger partial charge on any atom is 0.246 e. The maximum absolute atomic E-state index is 13.6. The fraction of sp³-hybridized carbons (Fsp3) is 0.286. The van der Waals surface area contributed by atoms with E-state index in [1.54, 1.807) is 31.3 Å². The third-order valence-corrected chi connectivity index (χ3v) is 5.34. The second-order valence-electron chi connectivity index (χ2n) is 7.09. The van der Waals surface area contributed by atoms with Crippen molar-refractivity contribution in [2.45, 2.75) is 24.8 Å². The molecule has 2 N–H and O–H groups in total. The lowest BCUT2D eigenvalue weighted by Gasteiger charge is -2.18. The summed E-state index contributed by atoms with van der Waals surface area (Å²) < 4.78 is 18.9. The van der Waals surface area contributed by atoms with Crippen LogP contribution in [0.25, 0.3) is 11.4 Å². The van der Waals surface area contributed by atoms with Crippen LogP contribution in [0.3, 0.4) is 0 Å². The van der Waals surface area contributed by atoms with E-state index < -0.39 is 0 Å². The molecule has 0 bridgehead atoms. The largest absolute Gasteiger partial charge is 0.356 e. The summed E-state index contributed by atoms with van der Waals surface area (Å²) in [4.78, 5) is 8.62. The Balaban J connectivity index is 1.33. The number of benzene rings is 2. The lowest BCUT2D eigenvalue weighted by atomic mass is 9.96.